The highest BCUT2D eigenvalue weighted by Crippen LogP contribution is 2.22. The molecular formula is C16H21N3O4S. The largest absolute Gasteiger partial charge is 0.360 e. The number of sulfonamides is 1. The summed E-state index contributed by atoms with van der Waals surface area (Å²) in [4.78, 5) is 12.1. The molecular weight excluding hydrogens is 330 g/mol. The Kier molecular flexibility index (Phi) is 5.40. The second kappa shape index (κ2) is 7.14. The van der Waals surface area contributed by atoms with E-state index in [0.717, 1.165) is 15.4 Å². The number of nitrogens with one attached hydrogen (secondary N) is 1. The van der Waals surface area contributed by atoms with Crippen LogP contribution in [0.4, 0.5) is 0 Å². The number of benzene rings is 1. The summed E-state index contributed by atoms with van der Waals surface area (Å²) in [6.45, 7) is 5.10. The predicted octanol–water partition coefficient (Wildman–Crippen LogP) is 1.54. The van der Waals surface area contributed by atoms with Crippen molar-refractivity contribution in [3.63, 3.8) is 0 Å². The molecule has 1 N–H and O–H groups in total. The van der Waals surface area contributed by atoms with Crippen LogP contribution in [-0.4, -0.2) is 37.4 Å². The summed E-state index contributed by atoms with van der Waals surface area (Å²) in [7, 11) is -2.47. The van der Waals surface area contributed by atoms with Crippen molar-refractivity contribution in [1.29, 1.82) is 0 Å². The second-order valence-corrected chi connectivity index (χ2v) is 7.60. The van der Waals surface area contributed by atoms with Crippen molar-refractivity contribution in [2.24, 2.45) is 0 Å². The van der Waals surface area contributed by atoms with Gasteiger partial charge in [0.05, 0.1) is 6.54 Å². The molecule has 7 nitrogen and oxygen atoms in total. The zero-order chi connectivity index (χ0) is 17.9. The highest BCUT2D eigenvalue weighted by molar-refractivity contribution is 7.89. The fourth-order valence-electron chi connectivity index (χ4n) is 2.34. The second-order valence-electron chi connectivity index (χ2n) is 5.62. The minimum Gasteiger partial charge on any atom is -0.360 e. The predicted molar refractivity (Wildman–Crippen MR) is 88.8 cm³/mol. The van der Waals surface area contributed by atoms with E-state index >= 15 is 0 Å². The molecule has 1 amide bonds. The maximum absolute atomic E-state index is 12.5. The summed E-state index contributed by atoms with van der Waals surface area (Å²) < 4.78 is 31.0. The Hall–Kier alpha value is -2.19. The standard InChI is InChI=1S/C16H21N3O4S/c1-11-7-5-6-8-14(11)9-17-15(20)10-19(4)24(21,22)16-12(2)18-23-13(16)3/h5-8H,9-10H2,1-4H3,(H,17,20). The molecule has 1 aromatic heterocycles. The molecule has 0 saturated carbocycles. The molecule has 0 atom stereocenters. The maximum Gasteiger partial charge on any atom is 0.248 e. The molecule has 0 unspecified atom stereocenters. The quantitative estimate of drug-likeness (QED) is 0.852. The Labute approximate surface area is 141 Å². The molecule has 2 rings (SSSR count). The number of hydrogen-bond acceptors (Lipinski definition) is 5. The van der Waals surface area contributed by atoms with E-state index in [4.69, 9.17) is 4.52 Å². The number of rotatable bonds is 6. The highest BCUT2D eigenvalue weighted by Gasteiger charge is 2.29. The molecule has 0 aliphatic heterocycles. The van der Waals surface area contributed by atoms with Crippen molar-refractivity contribution < 1.29 is 17.7 Å². The molecule has 1 aromatic carbocycles. The van der Waals surface area contributed by atoms with Crippen molar-refractivity contribution in [2.75, 3.05) is 13.6 Å². The van der Waals surface area contributed by atoms with Crippen LogP contribution in [0.2, 0.25) is 0 Å². The molecule has 0 saturated heterocycles. The first-order valence-corrected chi connectivity index (χ1v) is 8.88. The first-order chi connectivity index (χ1) is 11.2. The first-order valence-electron chi connectivity index (χ1n) is 7.44. The van der Waals surface area contributed by atoms with Gasteiger partial charge in [-0.05, 0) is 31.9 Å². The molecule has 0 fully saturated rings. The van der Waals surface area contributed by atoms with Gasteiger partial charge < -0.3 is 9.84 Å². The minimum atomic E-state index is -3.83. The molecule has 2 aromatic rings. The number of aromatic nitrogens is 1. The van der Waals surface area contributed by atoms with E-state index in [1.807, 2.05) is 31.2 Å². The van der Waals surface area contributed by atoms with Crippen LogP contribution in [-0.2, 0) is 21.4 Å². The lowest BCUT2D eigenvalue weighted by atomic mass is 10.1. The van der Waals surface area contributed by atoms with Gasteiger partial charge in [-0.3, -0.25) is 4.79 Å². The summed E-state index contributed by atoms with van der Waals surface area (Å²) in [6, 6.07) is 7.68. The Bertz CT molecular complexity index is 823. The average molecular weight is 351 g/mol. The molecule has 130 valence electrons. The first kappa shape index (κ1) is 18.2. The lowest BCUT2D eigenvalue weighted by Crippen LogP contribution is -2.38. The Morgan fingerprint density at radius 2 is 1.92 bits per heavy atom. The van der Waals surface area contributed by atoms with E-state index in [0.29, 0.717) is 6.54 Å². The number of nitrogens with zero attached hydrogens (tertiary/aromatic N) is 2. The number of hydrogen-bond donors (Lipinski definition) is 1. The highest BCUT2D eigenvalue weighted by atomic mass is 32.2. The van der Waals surface area contributed by atoms with Gasteiger partial charge in [0.2, 0.25) is 15.9 Å². The molecule has 8 heteroatoms. The van der Waals surface area contributed by atoms with Gasteiger partial charge in [0.15, 0.2) is 5.76 Å². The lowest BCUT2D eigenvalue weighted by Gasteiger charge is -2.16. The van der Waals surface area contributed by atoms with Crippen LogP contribution in [0.1, 0.15) is 22.6 Å². The Morgan fingerprint density at radius 3 is 2.50 bits per heavy atom. The van der Waals surface area contributed by atoms with Crippen molar-refractivity contribution in [3.8, 4) is 0 Å². The molecule has 0 spiro atoms. The van der Waals surface area contributed by atoms with Gasteiger partial charge in [0.25, 0.3) is 0 Å². The van der Waals surface area contributed by atoms with Gasteiger partial charge in [-0.2, -0.15) is 4.31 Å². The van der Waals surface area contributed by atoms with Crippen molar-refractivity contribution in [2.45, 2.75) is 32.2 Å². The van der Waals surface area contributed by atoms with Crippen molar-refractivity contribution in [1.82, 2.24) is 14.8 Å². The summed E-state index contributed by atoms with van der Waals surface area (Å²) in [5, 5.41) is 6.38. The monoisotopic (exact) mass is 351 g/mol. The van der Waals surface area contributed by atoms with Crippen LogP contribution in [0.3, 0.4) is 0 Å². The zero-order valence-electron chi connectivity index (χ0n) is 14.2. The van der Waals surface area contributed by atoms with Crippen LogP contribution < -0.4 is 5.32 Å². The fourth-order valence-corrected chi connectivity index (χ4v) is 3.75. The topological polar surface area (TPSA) is 92.5 Å². The summed E-state index contributed by atoms with van der Waals surface area (Å²) in [5.41, 5.74) is 2.33. The third kappa shape index (κ3) is 3.82. The van der Waals surface area contributed by atoms with Crippen molar-refractivity contribution in [3.05, 3.63) is 46.8 Å². The van der Waals surface area contributed by atoms with Crippen molar-refractivity contribution >= 4 is 15.9 Å². The number of carbonyl (C=O) groups is 1. The molecule has 0 bridgehead atoms. The van der Waals surface area contributed by atoms with Gasteiger partial charge in [-0.1, -0.05) is 29.4 Å². The third-order valence-electron chi connectivity index (χ3n) is 3.74. The SMILES string of the molecule is Cc1ccccc1CNC(=O)CN(C)S(=O)(=O)c1c(C)noc1C. The minimum absolute atomic E-state index is 0.0108. The fraction of sp³-hybridized carbons (Fsp3) is 0.375. The number of amides is 1. The van der Waals surface area contributed by atoms with Crippen LogP contribution >= 0.6 is 0 Å². The van der Waals surface area contributed by atoms with E-state index in [1.165, 1.54) is 14.0 Å². The Morgan fingerprint density at radius 1 is 1.25 bits per heavy atom. The molecule has 0 radical (unpaired) electrons. The number of aryl methyl sites for hydroxylation is 3. The third-order valence-corrected chi connectivity index (χ3v) is 5.79. The lowest BCUT2D eigenvalue weighted by molar-refractivity contribution is -0.121. The van der Waals surface area contributed by atoms with Gasteiger partial charge in [-0.15, -0.1) is 0 Å². The van der Waals surface area contributed by atoms with E-state index in [1.54, 1.807) is 6.92 Å². The van der Waals surface area contributed by atoms with Gasteiger partial charge in [0.1, 0.15) is 10.6 Å². The summed E-state index contributed by atoms with van der Waals surface area (Å²) >= 11 is 0. The summed E-state index contributed by atoms with van der Waals surface area (Å²) in [5.74, 6) is -0.171. The van der Waals surface area contributed by atoms with Crippen LogP contribution in [0.25, 0.3) is 0 Å². The number of carbonyl (C=O) groups excluding carboxylic acids is 1. The van der Waals surface area contributed by atoms with Crippen LogP contribution in [0.15, 0.2) is 33.7 Å². The van der Waals surface area contributed by atoms with E-state index < -0.39 is 10.0 Å². The van der Waals surface area contributed by atoms with Gasteiger partial charge >= 0.3 is 0 Å². The van der Waals surface area contributed by atoms with Gasteiger partial charge in [0, 0.05) is 13.6 Å². The molecule has 1 heterocycles. The maximum atomic E-state index is 12.5. The number of likely N-dealkylation sites (N-methyl/N-ethyl adjacent to an activating group) is 1. The van der Waals surface area contributed by atoms with E-state index in [2.05, 4.69) is 10.5 Å². The molecule has 24 heavy (non-hydrogen) atoms. The smallest absolute Gasteiger partial charge is 0.248 e. The zero-order valence-corrected chi connectivity index (χ0v) is 15.0. The average Bonchev–Trinajstić information content (AvgIpc) is 2.86. The summed E-state index contributed by atoms with van der Waals surface area (Å²) in [6.07, 6.45) is 0. The Balaban J connectivity index is 2.02. The van der Waals surface area contributed by atoms with E-state index in [9.17, 15) is 13.2 Å². The molecule has 0 aliphatic carbocycles. The normalized spacial score (nSPS) is 11.7. The van der Waals surface area contributed by atoms with Crippen LogP contribution in [0.5, 0.6) is 0 Å². The van der Waals surface area contributed by atoms with Crippen LogP contribution in [0, 0.1) is 20.8 Å². The van der Waals surface area contributed by atoms with E-state index in [-0.39, 0.29) is 28.8 Å². The molecule has 0 aliphatic rings. The van der Waals surface area contributed by atoms with Gasteiger partial charge in [-0.25, -0.2) is 8.42 Å².